The van der Waals surface area contributed by atoms with Gasteiger partial charge in [0.15, 0.2) is 0 Å². The van der Waals surface area contributed by atoms with Crippen molar-refractivity contribution in [3.63, 3.8) is 0 Å². The maximum atomic E-state index is 11.0. The molecule has 0 unspecified atom stereocenters. The molecule has 0 aromatic heterocycles. The van der Waals surface area contributed by atoms with Crippen molar-refractivity contribution in [1.29, 1.82) is 0 Å². The summed E-state index contributed by atoms with van der Waals surface area (Å²) in [4.78, 5) is 11.0. The summed E-state index contributed by atoms with van der Waals surface area (Å²) >= 11 is 5.43. The van der Waals surface area contributed by atoms with Crippen molar-refractivity contribution >= 4 is 16.8 Å². The van der Waals surface area contributed by atoms with Gasteiger partial charge in [-0.25, -0.2) is 0 Å². The Balaban J connectivity index is 2.07. The number of carbonyl (C=O) groups is 1. The number of hydrogen-bond donors (Lipinski definition) is 0. The van der Waals surface area contributed by atoms with Gasteiger partial charge in [-0.15, -0.1) is 0 Å². The third kappa shape index (κ3) is 3.84. The minimum absolute atomic E-state index is 0.434. The van der Waals surface area contributed by atoms with Crippen molar-refractivity contribution in [2.45, 2.75) is 19.8 Å². The van der Waals surface area contributed by atoms with Gasteiger partial charge in [0.25, 0.3) is 5.24 Å². The second-order valence-electron chi connectivity index (χ2n) is 4.58. The van der Waals surface area contributed by atoms with Crippen LogP contribution in [0.2, 0.25) is 0 Å². The number of hydrogen-bond acceptors (Lipinski definition) is 2. The van der Waals surface area contributed by atoms with Crippen molar-refractivity contribution in [3.8, 4) is 16.9 Å². The Bertz CT molecular complexity index is 559. The van der Waals surface area contributed by atoms with Gasteiger partial charge in [-0.1, -0.05) is 37.6 Å². The van der Waals surface area contributed by atoms with Crippen LogP contribution >= 0.6 is 11.6 Å². The Labute approximate surface area is 124 Å². The lowest BCUT2D eigenvalue weighted by Crippen LogP contribution is -1.95. The van der Waals surface area contributed by atoms with Crippen LogP contribution in [0.25, 0.3) is 11.1 Å². The Morgan fingerprint density at radius 2 is 1.55 bits per heavy atom. The lowest BCUT2D eigenvalue weighted by Gasteiger charge is -2.07. The van der Waals surface area contributed by atoms with Gasteiger partial charge < -0.3 is 4.74 Å². The van der Waals surface area contributed by atoms with E-state index in [0.717, 1.165) is 36.3 Å². The summed E-state index contributed by atoms with van der Waals surface area (Å²) in [5.74, 6) is 0.884. The molecule has 0 atom stereocenters. The standard InChI is InChI=1S/C17H17ClO2/c1-2-3-12-20-16-10-8-14(9-11-16)13-4-6-15(7-5-13)17(18)19/h4-11H,2-3,12H2,1H3. The number of benzene rings is 2. The molecular weight excluding hydrogens is 272 g/mol. The van der Waals surface area contributed by atoms with E-state index in [2.05, 4.69) is 6.92 Å². The fourth-order valence-corrected chi connectivity index (χ4v) is 2.00. The summed E-state index contributed by atoms with van der Waals surface area (Å²) < 4.78 is 5.63. The summed E-state index contributed by atoms with van der Waals surface area (Å²) in [6.45, 7) is 2.89. The van der Waals surface area contributed by atoms with Gasteiger partial charge in [0.1, 0.15) is 5.75 Å². The van der Waals surface area contributed by atoms with Crippen LogP contribution in [0.3, 0.4) is 0 Å². The van der Waals surface area contributed by atoms with Gasteiger partial charge in [0, 0.05) is 5.56 Å². The molecule has 0 amide bonds. The van der Waals surface area contributed by atoms with Crippen molar-refractivity contribution in [2.24, 2.45) is 0 Å². The molecule has 0 heterocycles. The van der Waals surface area contributed by atoms with Crippen LogP contribution in [-0.4, -0.2) is 11.8 Å². The second kappa shape index (κ2) is 7.11. The van der Waals surface area contributed by atoms with E-state index in [1.165, 1.54) is 0 Å². The molecule has 0 aliphatic heterocycles. The Morgan fingerprint density at radius 1 is 1.00 bits per heavy atom. The molecule has 0 saturated carbocycles. The van der Waals surface area contributed by atoms with Crippen molar-refractivity contribution in [1.82, 2.24) is 0 Å². The zero-order valence-electron chi connectivity index (χ0n) is 11.4. The third-order valence-corrected chi connectivity index (χ3v) is 3.28. The number of rotatable bonds is 6. The Morgan fingerprint density at radius 3 is 2.05 bits per heavy atom. The van der Waals surface area contributed by atoms with Crippen molar-refractivity contribution < 1.29 is 9.53 Å². The maximum absolute atomic E-state index is 11.0. The smallest absolute Gasteiger partial charge is 0.252 e. The topological polar surface area (TPSA) is 26.3 Å². The third-order valence-electron chi connectivity index (χ3n) is 3.07. The molecule has 0 aliphatic rings. The lowest BCUT2D eigenvalue weighted by atomic mass is 10.0. The predicted octanol–water partition coefficient (Wildman–Crippen LogP) is 4.91. The van der Waals surface area contributed by atoms with Crippen LogP contribution < -0.4 is 4.74 Å². The largest absolute Gasteiger partial charge is 0.494 e. The molecule has 0 spiro atoms. The first-order valence-corrected chi connectivity index (χ1v) is 7.11. The predicted molar refractivity (Wildman–Crippen MR) is 82.5 cm³/mol. The molecule has 2 aromatic carbocycles. The zero-order valence-corrected chi connectivity index (χ0v) is 12.2. The van der Waals surface area contributed by atoms with Gasteiger partial charge in [-0.05, 0) is 53.4 Å². The van der Waals surface area contributed by atoms with Crippen LogP contribution in [0.4, 0.5) is 0 Å². The van der Waals surface area contributed by atoms with Crippen molar-refractivity contribution in [3.05, 3.63) is 54.1 Å². The maximum Gasteiger partial charge on any atom is 0.252 e. The van der Waals surface area contributed by atoms with Crippen LogP contribution in [0.15, 0.2) is 48.5 Å². The van der Waals surface area contributed by atoms with E-state index in [-0.39, 0.29) is 0 Å². The molecule has 0 radical (unpaired) electrons. The highest BCUT2D eigenvalue weighted by atomic mass is 35.5. The highest BCUT2D eigenvalue weighted by Crippen LogP contribution is 2.23. The van der Waals surface area contributed by atoms with Crippen molar-refractivity contribution in [2.75, 3.05) is 6.61 Å². The van der Waals surface area contributed by atoms with Crippen LogP contribution in [0, 0.1) is 0 Å². The molecule has 2 rings (SSSR count). The molecule has 2 aromatic rings. The Kier molecular flexibility index (Phi) is 5.19. The zero-order chi connectivity index (χ0) is 14.4. The fraction of sp³-hybridized carbons (Fsp3) is 0.235. The minimum atomic E-state index is -0.434. The highest BCUT2D eigenvalue weighted by molar-refractivity contribution is 6.67. The first-order valence-electron chi connectivity index (χ1n) is 6.74. The number of carbonyl (C=O) groups excluding carboxylic acids is 1. The van der Waals surface area contributed by atoms with E-state index in [1.54, 1.807) is 12.1 Å². The minimum Gasteiger partial charge on any atom is -0.494 e. The first-order chi connectivity index (χ1) is 9.70. The molecule has 0 N–H and O–H groups in total. The summed E-state index contributed by atoms with van der Waals surface area (Å²) in [5.41, 5.74) is 2.64. The molecule has 20 heavy (non-hydrogen) atoms. The molecule has 0 bridgehead atoms. The fourth-order valence-electron chi connectivity index (χ4n) is 1.87. The van der Waals surface area contributed by atoms with E-state index < -0.39 is 5.24 Å². The number of unbranched alkanes of at least 4 members (excludes halogenated alkanes) is 1. The lowest BCUT2D eigenvalue weighted by molar-refractivity contribution is 0.108. The Hall–Kier alpha value is -1.80. The second-order valence-corrected chi connectivity index (χ2v) is 4.92. The summed E-state index contributed by atoms with van der Waals surface area (Å²) in [6, 6.07) is 15.2. The molecule has 104 valence electrons. The van der Waals surface area contributed by atoms with Gasteiger partial charge in [0.2, 0.25) is 0 Å². The molecule has 0 aliphatic carbocycles. The first kappa shape index (κ1) is 14.6. The van der Waals surface area contributed by atoms with E-state index in [1.807, 2.05) is 36.4 Å². The van der Waals surface area contributed by atoms with E-state index in [4.69, 9.17) is 16.3 Å². The summed E-state index contributed by atoms with van der Waals surface area (Å²) in [7, 11) is 0. The average Bonchev–Trinajstić information content (AvgIpc) is 2.48. The van der Waals surface area contributed by atoms with Crippen LogP contribution in [0.5, 0.6) is 5.75 Å². The van der Waals surface area contributed by atoms with E-state index >= 15 is 0 Å². The molecule has 0 saturated heterocycles. The van der Waals surface area contributed by atoms with E-state index in [9.17, 15) is 4.79 Å². The monoisotopic (exact) mass is 288 g/mol. The van der Waals surface area contributed by atoms with E-state index in [0.29, 0.717) is 5.56 Å². The molecule has 0 fully saturated rings. The number of halogens is 1. The highest BCUT2D eigenvalue weighted by Gasteiger charge is 2.03. The summed E-state index contributed by atoms with van der Waals surface area (Å²) in [5, 5.41) is -0.434. The molecule has 3 heteroatoms. The quantitative estimate of drug-likeness (QED) is 0.557. The normalized spacial score (nSPS) is 10.3. The SMILES string of the molecule is CCCCOc1ccc(-c2ccc(C(=O)Cl)cc2)cc1. The van der Waals surface area contributed by atoms with Gasteiger partial charge in [-0.3, -0.25) is 4.79 Å². The van der Waals surface area contributed by atoms with Gasteiger partial charge >= 0.3 is 0 Å². The number of ether oxygens (including phenoxy) is 1. The van der Waals surface area contributed by atoms with Gasteiger partial charge in [-0.2, -0.15) is 0 Å². The molecule has 2 nitrogen and oxygen atoms in total. The molecular formula is C17H17ClO2. The van der Waals surface area contributed by atoms with Crippen LogP contribution in [-0.2, 0) is 0 Å². The van der Waals surface area contributed by atoms with Gasteiger partial charge in [0.05, 0.1) is 6.61 Å². The average molecular weight is 289 g/mol. The summed E-state index contributed by atoms with van der Waals surface area (Å²) in [6.07, 6.45) is 2.19. The van der Waals surface area contributed by atoms with Crippen LogP contribution in [0.1, 0.15) is 30.1 Å².